The molecule has 0 bridgehead atoms. The number of rotatable bonds is 5. The fourth-order valence-electron chi connectivity index (χ4n) is 1.17. The fraction of sp³-hybridized carbons (Fsp3) is 0.500. The van der Waals surface area contributed by atoms with Crippen molar-refractivity contribution in [3.8, 4) is 0 Å². The van der Waals surface area contributed by atoms with Gasteiger partial charge in [-0.15, -0.1) is 11.6 Å². The summed E-state index contributed by atoms with van der Waals surface area (Å²) in [4.78, 5) is 4.15. The molecule has 1 aromatic rings. The molecule has 0 radical (unpaired) electrons. The highest BCUT2D eigenvalue weighted by Crippen LogP contribution is 2.11. The minimum Gasteiger partial charge on any atom is -0.368 e. The average Bonchev–Trinajstić information content (AvgIpc) is 2.18. The lowest BCUT2D eigenvalue weighted by atomic mass is 10.2. The average molecular weight is 233 g/mol. The Morgan fingerprint density at radius 1 is 1.50 bits per heavy atom. The first-order chi connectivity index (χ1) is 6.72. The van der Waals surface area contributed by atoms with E-state index in [2.05, 4.69) is 17.2 Å². The van der Waals surface area contributed by atoms with Crippen LogP contribution >= 0.6 is 23.2 Å². The molecule has 0 aliphatic carbocycles. The van der Waals surface area contributed by atoms with E-state index in [0.29, 0.717) is 16.9 Å². The quantitative estimate of drug-likeness (QED) is 0.786. The van der Waals surface area contributed by atoms with Gasteiger partial charge < -0.3 is 5.32 Å². The smallest absolute Gasteiger partial charge is 0.126 e. The summed E-state index contributed by atoms with van der Waals surface area (Å²) in [6.45, 7) is 2.11. The molecule has 1 N–H and O–H groups in total. The lowest BCUT2D eigenvalue weighted by molar-refractivity contribution is 0.690. The molecular formula is C10H14Cl2N2. The number of halogens is 2. The Kier molecular flexibility index (Phi) is 5.05. The van der Waals surface area contributed by atoms with Crippen LogP contribution in [0.5, 0.6) is 0 Å². The third-order valence-electron chi connectivity index (χ3n) is 1.89. The van der Waals surface area contributed by atoms with Crippen LogP contribution in [0, 0.1) is 0 Å². The second-order valence-corrected chi connectivity index (χ2v) is 4.05. The molecule has 0 aromatic carbocycles. The summed E-state index contributed by atoms with van der Waals surface area (Å²) >= 11 is 11.3. The Morgan fingerprint density at radius 2 is 2.29 bits per heavy atom. The van der Waals surface area contributed by atoms with Crippen LogP contribution in [0.4, 0.5) is 5.82 Å². The van der Waals surface area contributed by atoms with Crippen molar-refractivity contribution in [2.45, 2.75) is 25.8 Å². The number of alkyl halides is 1. The molecule has 0 aliphatic rings. The normalized spacial score (nSPS) is 12.5. The minimum absolute atomic E-state index is 0.391. The van der Waals surface area contributed by atoms with Crippen molar-refractivity contribution in [2.75, 3.05) is 11.2 Å². The zero-order valence-electron chi connectivity index (χ0n) is 8.13. The first-order valence-corrected chi connectivity index (χ1v) is 5.57. The van der Waals surface area contributed by atoms with E-state index in [1.807, 2.05) is 12.1 Å². The van der Waals surface area contributed by atoms with Crippen LogP contribution in [0.1, 0.15) is 19.8 Å². The molecule has 0 aliphatic heterocycles. The maximum absolute atomic E-state index is 5.72. The Hall–Kier alpha value is -0.470. The molecular weight excluding hydrogens is 219 g/mol. The van der Waals surface area contributed by atoms with Crippen LogP contribution in [-0.2, 0) is 0 Å². The predicted octanol–water partition coefficient (Wildman–Crippen LogP) is 3.55. The predicted molar refractivity (Wildman–Crippen MR) is 62.3 cm³/mol. The molecule has 4 heteroatoms. The Bertz CT molecular complexity index is 261. The Balaban J connectivity index is 2.39. The molecule has 1 unspecified atom stereocenters. The molecule has 1 aromatic heterocycles. The van der Waals surface area contributed by atoms with Gasteiger partial charge >= 0.3 is 0 Å². The van der Waals surface area contributed by atoms with E-state index < -0.39 is 0 Å². The Labute approximate surface area is 94.6 Å². The molecule has 1 heterocycles. The standard InChI is InChI=1S/C10H14Cl2N2/c1-8(3-2-6-11)14-10-5-4-9(12)7-13-10/h4-5,7-8H,2-3,6H2,1H3,(H,13,14). The van der Waals surface area contributed by atoms with E-state index in [0.717, 1.165) is 18.7 Å². The summed E-state index contributed by atoms with van der Waals surface area (Å²) in [5.74, 6) is 1.57. The summed E-state index contributed by atoms with van der Waals surface area (Å²) < 4.78 is 0. The molecule has 1 rings (SSSR count). The van der Waals surface area contributed by atoms with Crippen molar-refractivity contribution in [3.05, 3.63) is 23.4 Å². The van der Waals surface area contributed by atoms with Crippen LogP contribution < -0.4 is 5.32 Å². The fourth-order valence-corrected chi connectivity index (χ4v) is 1.44. The van der Waals surface area contributed by atoms with Gasteiger partial charge in [-0.05, 0) is 31.9 Å². The lowest BCUT2D eigenvalue weighted by Crippen LogP contribution is -2.15. The van der Waals surface area contributed by atoms with E-state index in [4.69, 9.17) is 23.2 Å². The molecule has 0 amide bonds. The zero-order chi connectivity index (χ0) is 10.4. The first-order valence-electron chi connectivity index (χ1n) is 4.66. The maximum Gasteiger partial charge on any atom is 0.126 e. The molecule has 0 fully saturated rings. The third kappa shape index (κ3) is 4.16. The van der Waals surface area contributed by atoms with Crippen molar-refractivity contribution in [1.82, 2.24) is 4.98 Å². The summed E-state index contributed by atoms with van der Waals surface area (Å²) in [7, 11) is 0. The van der Waals surface area contributed by atoms with Gasteiger partial charge in [-0.25, -0.2) is 4.98 Å². The van der Waals surface area contributed by atoms with E-state index >= 15 is 0 Å². The van der Waals surface area contributed by atoms with E-state index in [1.165, 1.54) is 0 Å². The van der Waals surface area contributed by atoms with Gasteiger partial charge in [-0.1, -0.05) is 11.6 Å². The van der Waals surface area contributed by atoms with Gasteiger partial charge in [-0.3, -0.25) is 0 Å². The van der Waals surface area contributed by atoms with Gasteiger partial charge in [0.05, 0.1) is 5.02 Å². The number of nitrogens with one attached hydrogen (secondary N) is 1. The summed E-state index contributed by atoms with van der Waals surface area (Å²) in [5.41, 5.74) is 0. The van der Waals surface area contributed by atoms with Gasteiger partial charge in [-0.2, -0.15) is 0 Å². The van der Waals surface area contributed by atoms with Crippen molar-refractivity contribution in [1.29, 1.82) is 0 Å². The molecule has 14 heavy (non-hydrogen) atoms. The third-order valence-corrected chi connectivity index (χ3v) is 2.38. The van der Waals surface area contributed by atoms with Crippen molar-refractivity contribution in [3.63, 3.8) is 0 Å². The van der Waals surface area contributed by atoms with Crippen LogP contribution in [0.3, 0.4) is 0 Å². The van der Waals surface area contributed by atoms with Gasteiger partial charge in [0.1, 0.15) is 5.82 Å². The summed E-state index contributed by atoms with van der Waals surface area (Å²) in [6.07, 6.45) is 3.70. The highest BCUT2D eigenvalue weighted by molar-refractivity contribution is 6.30. The van der Waals surface area contributed by atoms with Crippen molar-refractivity contribution < 1.29 is 0 Å². The zero-order valence-corrected chi connectivity index (χ0v) is 9.65. The molecule has 1 atom stereocenters. The molecule has 0 saturated heterocycles. The van der Waals surface area contributed by atoms with Crippen LogP contribution in [0.2, 0.25) is 5.02 Å². The maximum atomic E-state index is 5.72. The van der Waals surface area contributed by atoms with E-state index in [-0.39, 0.29) is 0 Å². The second kappa shape index (κ2) is 6.10. The van der Waals surface area contributed by atoms with E-state index in [1.54, 1.807) is 6.20 Å². The largest absolute Gasteiger partial charge is 0.368 e. The number of hydrogen-bond acceptors (Lipinski definition) is 2. The topological polar surface area (TPSA) is 24.9 Å². The summed E-state index contributed by atoms with van der Waals surface area (Å²) in [5, 5.41) is 3.93. The Morgan fingerprint density at radius 3 is 2.86 bits per heavy atom. The SMILES string of the molecule is CC(CCCCl)Nc1ccc(Cl)cn1. The number of nitrogens with zero attached hydrogens (tertiary/aromatic N) is 1. The molecule has 78 valence electrons. The number of anilines is 1. The van der Waals surface area contributed by atoms with Crippen LogP contribution in [0.25, 0.3) is 0 Å². The lowest BCUT2D eigenvalue weighted by Gasteiger charge is -2.13. The number of pyridine rings is 1. The number of aromatic nitrogens is 1. The first kappa shape index (κ1) is 11.6. The van der Waals surface area contributed by atoms with Crippen LogP contribution in [0.15, 0.2) is 18.3 Å². The minimum atomic E-state index is 0.391. The molecule has 2 nitrogen and oxygen atoms in total. The second-order valence-electron chi connectivity index (χ2n) is 3.24. The summed E-state index contributed by atoms with van der Waals surface area (Å²) in [6, 6.07) is 4.09. The van der Waals surface area contributed by atoms with Gasteiger partial charge in [0.25, 0.3) is 0 Å². The molecule has 0 spiro atoms. The van der Waals surface area contributed by atoms with Gasteiger partial charge in [0.2, 0.25) is 0 Å². The van der Waals surface area contributed by atoms with Gasteiger partial charge in [0, 0.05) is 18.1 Å². The highest BCUT2D eigenvalue weighted by Gasteiger charge is 2.01. The monoisotopic (exact) mass is 232 g/mol. The van der Waals surface area contributed by atoms with Crippen molar-refractivity contribution >= 4 is 29.0 Å². The van der Waals surface area contributed by atoms with Gasteiger partial charge in [0.15, 0.2) is 0 Å². The molecule has 0 saturated carbocycles. The van der Waals surface area contributed by atoms with Crippen molar-refractivity contribution in [2.24, 2.45) is 0 Å². The number of hydrogen-bond donors (Lipinski definition) is 1. The van der Waals surface area contributed by atoms with E-state index in [9.17, 15) is 0 Å². The highest BCUT2D eigenvalue weighted by atomic mass is 35.5. The van der Waals surface area contributed by atoms with Crippen LogP contribution in [-0.4, -0.2) is 16.9 Å².